The lowest BCUT2D eigenvalue weighted by Crippen LogP contribution is -2.23. The van der Waals surface area contributed by atoms with Gasteiger partial charge in [-0.1, -0.05) is 13.3 Å². The lowest BCUT2D eigenvalue weighted by Gasteiger charge is -2.23. The second-order valence-corrected chi connectivity index (χ2v) is 3.96. The Morgan fingerprint density at radius 1 is 1.20 bits per heavy atom. The molecule has 0 heterocycles. The van der Waals surface area contributed by atoms with Crippen molar-refractivity contribution in [2.45, 2.75) is 58.5 Å². The molecule has 3 nitrogen and oxygen atoms in total. The first-order valence-electron chi connectivity index (χ1n) is 6.20. The van der Waals surface area contributed by atoms with Crippen LogP contribution < -0.4 is 0 Å². The zero-order valence-electron chi connectivity index (χ0n) is 10.00. The number of nitrogens with zero attached hydrogens (tertiary/aromatic N) is 1. The van der Waals surface area contributed by atoms with Crippen LogP contribution in [0.25, 0.3) is 0 Å². The van der Waals surface area contributed by atoms with Gasteiger partial charge in [-0.2, -0.15) is 0 Å². The SMILES string of the molecule is CCCN=C(OCC)OC1CCCCC1. The smallest absolute Gasteiger partial charge is 0.383 e. The maximum Gasteiger partial charge on any atom is 0.383 e. The molecule has 1 aliphatic rings. The van der Waals surface area contributed by atoms with Gasteiger partial charge in [-0.05, 0) is 39.0 Å². The fourth-order valence-corrected chi connectivity index (χ4v) is 1.77. The molecule has 15 heavy (non-hydrogen) atoms. The van der Waals surface area contributed by atoms with Crippen LogP contribution in [0.2, 0.25) is 0 Å². The third kappa shape index (κ3) is 5.05. The standard InChI is InChI=1S/C12H23NO2/c1-3-10-13-12(14-4-2)15-11-8-6-5-7-9-11/h11H,3-10H2,1-2H3. The minimum absolute atomic E-state index is 0.334. The summed E-state index contributed by atoms with van der Waals surface area (Å²) in [5.41, 5.74) is 0. The minimum atomic E-state index is 0.334. The van der Waals surface area contributed by atoms with Gasteiger partial charge in [-0.25, -0.2) is 4.99 Å². The van der Waals surface area contributed by atoms with Gasteiger partial charge in [0, 0.05) is 6.54 Å². The molecule has 0 spiro atoms. The van der Waals surface area contributed by atoms with Gasteiger partial charge < -0.3 is 9.47 Å². The largest absolute Gasteiger partial charge is 0.451 e. The van der Waals surface area contributed by atoms with E-state index in [-0.39, 0.29) is 0 Å². The van der Waals surface area contributed by atoms with Crippen molar-refractivity contribution in [2.75, 3.05) is 13.2 Å². The van der Waals surface area contributed by atoms with Gasteiger partial charge in [0.2, 0.25) is 0 Å². The summed E-state index contributed by atoms with van der Waals surface area (Å²) in [4.78, 5) is 4.30. The normalized spacial score (nSPS) is 18.9. The molecular formula is C12H23NO2. The summed E-state index contributed by atoms with van der Waals surface area (Å²) in [5.74, 6) is 0. The molecule has 1 fully saturated rings. The maximum absolute atomic E-state index is 5.76. The van der Waals surface area contributed by atoms with Crippen molar-refractivity contribution in [3.8, 4) is 0 Å². The van der Waals surface area contributed by atoms with Gasteiger partial charge in [0.25, 0.3) is 0 Å². The van der Waals surface area contributed by atoms with Gasteiger partial charge >= 0.3 is 6.08 Å². The van der Waals surface area contributed by atoms with Crippen LogP contribution in [0.15, 0.2) is 4.99 Å². The topological polar surface area (TPSA) is 30.8 Å². The predicted molar refractivity (Wildman–Crippen MR) is 62.2 cm³/mol. The van der Waals surface area contributed by atoms with E-state index in [4.69, 9.17) is 9.47 Å². The van der Waals surface area contributed by atoms with Crippen molar-refractivity contribution in [3.63, 3.8) is 0 Å². The van der Waals surface area contributed by atoms with Crippen molar-refractivity contribution in [1.82, 2.24) is 0 Å². The summed E-state index contributed by atoms with van der Waals surface area (Å²) >= 11 is 0. The molecule has 88 valence electrons. The second-order valence-electron chi connectivity index (χ2n) is 3.96. The number of hydrogen-bond acceptors (Lipinski definition) is 3. The van der Waals surface area contributed by atoms with E-state index in [2.05, 4.69) is 11.9 Å². The summed E-state index contributed by atoms with van der Waals surface area (Å²) < 4.78 is 11.1. The Labute approximate surface area is 92.9 Å². The minimum Gasteiger partial charge on any atom is -0.451 e. The third-order valence-corrected chi connectivity index (χ3v) is 2.55. The molecule has 0 aromatic rings. The second kappa shape index (κ2) is 7.55. The quantitative estimate of drug-likeness (QED) is 0.530. The van der Waals surface area contributed by atoms with Gasteiger partial charge in [-0.3, -0.25) is 0 Å². The van der Waals surface area contributed by atoms with E-state index in [1.54, 1.807) is 0 Å². The van der Waals surface area contributed by atoms with E-state index in [1.165, 1.54) is 19.3 Å². The molecule has 0 atom stereocenters. The van der Waals surface area contributed by atoms with Crippen molar-refractivity contribution < 1.29 is 9.47 Å². The molecule has 0 bridgehead atoms. The molecule has 3 heteroatoms. The Bertz CT molecular complexity index is 186. The van der Waals surface area contributed by atoms with Gasteiger partial charge in [0.15, 0.2) is 0 Å². The summed E-state index contributed by atoms with van der Waals surface area (Å²) in [6.45, 7) is 5.50. The molecule has 0 aromatic heterocycles. The van der Waals surface area contributed by atoms with Crippen LogP contribution in [0, 0.1) is 0 Å². The number of hydrogen-bond donors (Lipinski definition) is 0. The van der Waals surface area contributed by atoms with Crippen LogP contribution in [-0.4, -0.2) is 25.3 Å². The molecule has 0 aromatic carbocycles. The van der Waals surface area contributed by atoms with E-state index >= 15 is 0 Å². The zero-order valence-corrected chi connectivity index (χ0v) is 10.00. The zero-order chi connectivity index (χ0) is 10.9. The first-order chi connectivity index (χ1) is 7.36. The molecule has 0 aliphatic heterocycles. The maximum atomic E-state index is 5.76. The Morgan fingerprint density at radius 2 is 1.93 bits per heavy atom. The van der Waals surface area contributed by atoms with E-state index < -0.39 is 0 Å². The molecule has 1 rings (SSSR count). The lowest BCUT2D eigenvalue weighted by molar-refractivity contribution is 0.0846. The fraction of sp³-hybridized carbons (Fsp3) is 0.917. The average molecular weight is 213 g/mol. The number of rotatable bonds is 4. The summed E-state index contributed by atoms with van der Waals surface area (Å²) in [7, 11) is 0. The number of ether oxygens (including phenoxy) is 2. The van der Waals surface area contributed by atoms with Crippen LogP contribution in [0.1, 0.15) is 52.4 Å². The summed E-state index contributed by atoms with van der Waals surface area (Å²) in [6, 6.07) is 0. The molecule has 0 unspecified atom stereocenters. The molecule has 1 saturated carbocycles. The highest BCUT2D eigenvalue weighted by Crippen LogP contribution is 2.20. The molecule has 0 saturated heterocycles. The van der Waals surface area contributed by atoms with E-state index in [9.17, 15) is 0 Å². The predicted octanol–water partition coefficient (Wildman–Crippen LogP) is 3.14. The first kappa shape index (κ1) is 12.3. The number of aliphatic imine (C=N–C) groups is 1. The van der Waals surface area contributed by atoms with Gasteiger partial charge in [-0.15, -0.1) is 0 Å². The highest BCUT2D eigenvalue weighted by molar-refractivity contribution is 5.67. The van der Waals surface area contributed by atoms with E-state index in [0.29, 0.717) is 18.8 Å². The Balaban J connectivity index is 2.34. The summed E-state index contributed by atoms with van der Waals surface area (Å²) in [6.07, 6.45) is 8.07. The van der Waals surface area contributed by atoms with E-state index in [0.717, 1.165) is 25.8 Å². The third-order valence-electron chi connectivity index (χ3n) is 2.55. The monoisotopic (exact) mass is 213 g/mol. The Morgan fingerprint density at radius 3 is 2.53 bits per heavy atom. The Kier molecular flexibility index (Phi) is 6.21. The van der Waals surface area contributed by atoms with Crippen molar-refractivity contribution in [2.24, 2.45) is 4.99 Å². The molecule has 0 N–H and O–H groups in total. The van der Waals surface area contributed by atoms with Crippen LogP contribution in [0.3, 0.4) is 0 Å². The molecule has 1 aliphatic carbocycles. The van der Waals surface area contributed by atoms with Gasteiger partial charge in [0.1, 0.15) is 6.10 Å². The molecule has 0 amide bonds. The lowest BCUT2D eigenvalue weighted by atomic mass is 9.98. The van der Waals surface area contributed by atoms with Crippen LogP contribution in [-0.2, 0) is 9.47 Å². The molecular weight excluding hydrogens is 190 g/mol. The summed E-state index contributed by atoms with van der Waals surface area (Å²) in [5, 5.41) is 0. The molecule has 0 radical (unpaired) electrons. The van der Waals surface area contributed by atoms with Crippen LogP contribution in [0.4, 0.5) is 0 Å². The fourth-order valence-electron chi connectivity index (χ4n) is 1.77. The van der Waals surface area contributed by atoms with Crippen LogP contribution in [0.5, 0.6) is 0 Å². The Hall–Kier alpha value is -0.730. The van der Waals surface area contributed by atoms with Crippen molar-refractivity contribution in [3.05, 3.63) is 0 Å². The van der Waals surface area contributed by atoms with E-state index in [1.807, 2.05) is 6.92 Å². The average Bonchev–Trinajstić information content (AvgIpc) is 2.28. The highest BCUT2D eigenvalue weighted by Gasteiger charge is 2.17. The van der Waals surface area contributed by atoms with Gasteiger partial charge in [0.05, 0.1) is 6.61 Å². The first-order valence-corrected chi connectivity index (χ1v) is 6.20. The highest BCUT2D eigenvalue weighted by atomic mass is 16.7. The van der Waals surface area contributed by atoms with Crippen molar-refractivity contribution >= 4 is 6.08 Å². The van der Waals surface area contributed by atoms with Crippen LogP contribution >= 0.6 is 0 Å². The van der Waals surface area contributed by atoms with Crippen molar-refractivity contribution in [1.29, 1.82) is 0 Å².